The summed E-state index contributed by atoms with van der Waals surface area (Å²) in [6.45, 7) is 1.28. The number of hydrogen-bond donors (Lipinski definition) is 1. The monoisotopic (exact) mass is 246 g/mol. The summed E-state index contributed by atoms with van der Waals surface area (Å²) in [5.74, 6) is 0. The van der Waals surface area contributed by atoms with Gasteiger partial charge in [-0.3, -0.25) is 0 Å². The molecule has 1 N–H and O–H groups in total. The molecule has 6 nitrogen and oxygen atoms in total. The summed E-state index contributed by atoms with van der Waals surface area (Å²) in [5.41, 5.74) is 0. The maximum Gasteiger partial charge on any atom is 0.261 e. The lowest BCUT2D eigenvalue weighted by atomic mass is 10.4. The topological polar surface area (TPSA) is 67.2 Å². The van der Waals surface area contributed by atoms with Crippen LogP contribution in [0.15, 0.2) is 17.6 Å². The largest absolute Gasteiger partial charge is 0.339 e. The van der Waals surface area contributed by atoms with Crippen LogP contribution >= 0.6 is 0 Å². The van der Waals surface area contributed by atoms with Crippen molar-refractivity contribution >= 4 is 10.0 Å². The van der Waals surface area contributed by atoms with Gasteiger partial charge in [0.1, 0.15) is 0 Å². The van der Waals surface area contributed by atoms with Crippen LogP contribution in [0.4, 0.5) is 0 Å². The Morgan fingerprint density at radius 3 is 2.75 bits per heavy atom. The Hall–Kier alpha value is -0.920. The summed E-state index contributed by atoms with van der Waals surface area (Å²) >= 11 is 0. The van der Waals surface area contributed by atoms with Gasteiger partial charge in [0.15, 0.2) is 5.03 Å². The van der Waals surface area contributed by atoms with Gasteiger partial charge in [0.2, 0.25) is 0 Å². The second kappa shape index (κ2) is 5.42. The van der Waals surface area contributed by atoms with Crippen molar-refractivity contribution in [3.8, 4) is 0 Å². The van der Waals surface area contributed by atoms with Crippen molar-refractivity contribution in [3.05, 3.63) is 12.5 Å². The van der Waals surface area contributed by atoms with Crippen LogP contribution in [0.25, 0.3) is 0 Å². The minimum absolute atomic E-state index is 0.0990. The van der Waals surface area contributed by atoms with E-state index in [1.807, 2.05) is 7.05 Å². The van der Waals surface area contributed by atoms with Crippen LogP contribution in [0.1, 0.15) is 6.42 Å². The predicted molar refractivity (Wildman–Crippen MR) is 61.6 cm³/mol. The smallest absolute Gasteiger partial charge is 0.261 e. The molecule has 0 radical (unpaired) electrons. The Kier molecular flexibility index (Phi) is 4.45. The summed E-state index contributed by atoms with van der Waals surface area (Å²) in [4.78, 5) is 3.85. The van der Waals surface area contributed by atoms with Crippen molar-refractivity contribution in [1.29, 1.82) is 0 Å². The van der Waals surface area contributed by atoms with Crippen molar-refractivity contribution in [1.82, 2.24) is 19.2 Å². The van der Waals surface area contributed by atoms with Crippen molar-refractivity contribution in [2.75, 3.05) is 27.2 Å². The Morgan fingerprint density at radius 2 is 2.25 bits per heavy atom. The number of aromatic nitrogens is 2. The molecule has 0 atom stereocenters. The van der Waals surface area contributed by atoms with E-state index in [1.165, 1.54) is 16.8 Å². The van der Waals surface area contributed by atoms with Gasteiger partial charge < -0.3 is 9.88 Å². The second-order valence-electron chi connectivity index (χ2n) is 3.66. The van der Waals surface area contributed by atoms with E-state index in [9.17, 15) is 8.42 Å². The van der Waals surface area contributed by atoms with E-state index < -0.39 is 10.0 Å². The van der Waals surface area contributed by atoms with Gasteiger partial charge in [-0.05, 0) is 20.0 Å². The van der Waals surface area contributed by atoms with E-state index in [0.29, 0.717) is 6.54 Å². The van der Waals surface area contributed by atoms with Crippen molar-refractivity contribution in [2.24, 2.45) is 7.05 Å². The van der Waals surface area contributed by atoms with Crippen LogP contribution in [0.3, 0.4) is 0 Å². The van der Waals surface area contributed by atoms with Gasteiger partial charge in [0.05, 0.1) is 6.33 Å². The molecular formula is C9H18N4O2S. The Labute approximate surface area is 96.3 Å². The number of sulfonamides is 1. The van der Waals surface area contributed by atoms with E-state index in [2.05, 4.69) is 10.3 Å². The van der Waals surface area contributed by atoms with E-state index >= 15 is 0 Å². The lowest BCUT2D eigenvalue weighted by Gasteiger charge is -2.15. The Morgan fingerprint density at radius 1 is 1.56 bits per heavy atom. The minimum atomic E-state index is -3.43. The third-order valence-corrected chi connectivity index (χ3v) is 4.00. The maximum absolute atomic E-state index is 12.0. The number of rotatable bonds is 6. The highest BCUT2D eigenvalue weighted by atomic mass is 32.2. The van der Waals surface area contributed by atoms with Gasteiger partial charge in [0, 0.05) is 26.8 Å². The average molecular weight is 246 g/mol. The summed E-state index contributed by atoms with van der Waals surface area (Å²) in [7, 11) is 1.73. The molecule has 1 aromatic heterocycles. The molecule has 0 aliphatic rings. The van der Waals surface area contributed by atoms with Crippen LogP contribution in [-0.4, -0.2) is 49.5 Å². The first-order chi connectivity index (χ1) is 7.48. The molecule has 92 valence electrons. The molecule has 0 aliphatic carbocycles. The van der Waals surface area contributed by atoms with Gasteiger partial charge in [0.25, 0.3) is 10.0 Å². The van der Waals surface area contributed by atoms with E-state index in [4.69, 9.17) is 0 Å². The first-order valence-corrected chi connectivity index (χ1v) is 6.51. The molecule has 7 heteroatoms. The normalized spacial score (nSPS) is 12.2. The van der Waals surface area contributed by atoms with Crippen molar-refractivity contribution < 1.29 is 8.42 Å². The van der Waals surface area contributed by atoms with Crippen LogP contribution < -0.4 is 5.32 Å². The lowest BCUT2D eigenvalue weighted by molar-refractivity contribution is 0.456. The van der Waals surface area contributed by atoms with Crippen molar-refractivity contribution in [3.63, 3.8) is 0 Å². The summed E-state index contributed by atoms with van der Waals surface area (Å²) in [6.07, 6.45) is 3.76. The first-order valence-electron chi connectivity index (χ1n) is 5.07. The fourth-order valence-corrected chi connectivity index (χ4v) is 2.45. The standard InChI is InChI=1S/C9H18N4O2S/c1-10-5-4-6-13(3)16(14,15)9-7-12(2)8-11-9/h7-8,10H,4-6H2,1-3H3. The van der Waals surface area contributed by atoms with Gasteiger partial charge in [-0.25, -0.2) is 13.4 Å². The van der Waals surface area contributed by atoms with Crippen LogP contribution in [-0.2, 0) is 17.1 Å². The lowest BCUT2D eigenvalue weighted by Crippen LogP contribution is -2.29. The highest BCUT2D eigenvalue weighted by molar-refractivity contribution is 7.89. The minimum Gasteiger partial charge on any atom is -0.339 e. The number of nitrogens with zero attached hydrogens (tertiary/aromatic N) is 3. The zero-order valence-electron chi connectivity index (χ0n) is 9.84. The second-order valence-corrected chi connectivity index (χ2v) is 5.65. The van der Waals surface area contributed by atoms with Gasteiger partial charge in [-0.1, -0.05) is 0 Å². The molecule has 0 saturated carbocycles. The first kappa shape index (κ1) is 13.1. The molecule has 0 bridgehead atoms. The summed E-state index contributed by atoms with van der Waals surface area (Å²) in [5, 5.41) is 3.08. The third kappa shape index (κ3) is 3.03. The quantitative estimate of drug-likeness (QED) is 0.697. The molecule has 0 unspecified atom stereocenters. The van der Waals surface area contributed by atoms with Crippen LogP contribution in [0.2, 0.25) is 0 Å². The third-order valence-electron chi connectivity index (χ3n) is 2.26. The zero-order valence-corrected chi connectivity index (χ0v) is 10.7. The molecule has 16 heavy (non-hydrogen) atoms. The molecule has 0 fully saturated rings. The molecule has 0 amide bonds. The molecule has 1 heterocycles. The molecule has 1 rings (SSSR count). The van der Waals surface area contributed by atoms with Crippen molar-refractivity contribution in [2.45, 2.75) is 11.4 Å². The summed E-state index contributed by atoms with van der Waals surface area (Å²) in [6, 6.07) is 0. The number of aryl methyl sites for hydroxylation is 1. The fourth-order valence-electron chi connectivity index (χ4n) is 1.28. The number of nitrogens with one attached hydrogen (secondary N) is 1. The SMILES string of the molecule is CNCCCN(C)S(=O)(=O)c1cn(C)cn1. The van der Waals surface area contributed by atoms with Gasteiger partial charge >= 0.3 is 0 Å². The molecule has 0 aliphatic heterocycles. The van der Waals surface area contributed by atoms with E-state index in [-0.39, 0.29) is 5.03 Å². The molecule has 0 spiro atoms. The number of hydrogen-bond acceptors (Lipinski definition) is 4. The highest BCUT2D eigenvalue weighted by Crippen LogP contribution is 2.10. The van der Waals surface area contributed by atoms with Crippen LogP contribution in [0, 0.1) is 0 Å². The fraction of sp³-hybridized carbons (Fsp3) is 0.667. The molecule has 0 saturated heterocycles. The number of imidazole rings is 1. The van der Waals surface area contributed by atoms with Gasteiger partial charge in [-0.15, -0.1) is 0 Å². The average Bonchev–Trinajstić information content (AvgIpc) is 2.65. The molecule has 0 aromatic carbocycles. The Balaban J connectivity index is 2.70. The van der Waals surface area contributed by atoms with E-state index in [0.717, 1.165) is 13.0 Å². The highest BCUT2D eigenvalue weighted by Gasteiger charge is 2.22. The van der Waals surface area contributed by atoms with E-state index in [1.54, 1.807) is 18.7 Å². The van der Waals surface area contributed by atoms with Gasteiger partial charge in [-0.2, -0.15) is 4.31 Å². The summed E-state index contributed by atoms with van der Waals surface area (Å²) < 4.78 is 26.9. The van der Waals surface area contributed by atoms with Crippen LogP contribution in [0.5, 0.6) is 0 Å². The Bertz CT molecular complexity index is 426. The zero-order chi connectivity index (χ0) is 12.2. The maximum atomic E-state index is 12.0. The molecule has 1 aromatic rings. The molecular weight excluding hydrogens is 228 g/mol. The predicted octanol–water partition coefficient (Wildman–Crippen LogP) is -0.350.